The van der Waals surface area contributed by atoms with Crippen LogP contribution >= 0.6 is 0 Å². The van der Waals surface area contributed by atoms with Crippen LogP contribution in [0.15, 0.2) is 12.4 Å². The lowest BCUT2D eigenvalue weighted by molar-refractivity contribution is 0.276. The lowest BCUT2D eigenvalue weighted by atomic mass is 9.85. The van der Waals surface area contributed by atoms with Gasteiger partial charge in [0.1, 0.15) is 5.69 Å². The van der Waals surface area contributed by atoms with Crippen LogP contribution in [0.1, 0.15) is 56.7 Å². The van der Waals surface area contributed by atoms with Gasteiger partial charge in [0.15, 0.2) is 0 Å². The third-order valence-electron chi connectivity index (χ3n) is 3.98. The van der Waals surface area contributed by atoms with E-state index in [-0.39, 0.29) is 6.04 Å². The maximum atomic E-state index is 5.78. The van der Waals surface area contributed by atoms with Crippen LogP contribution in [0.4, 0.5) is 0 Å². The first-order valence-corrected chi connectivity index (χ1v) is 7.18. The third-order valence-corrected chi connectivity index (χ3v) is 3.98. The molecule has 2 rings (SSSR count). The van der Waals surface area contributed by atoms with E-state index >= 15 is 0 Å². The molecule has 1 heterocycles. The first-order chi connectivity index (χ1) is 9.36. The average molecular weight is 264 g/mol. The number of hydrogen-bond donors (Lipinski definition) is 2. The first-order valence-electron chi connectivity index (χ1n) is 7.18. The fourth-order valence-electron chi connectivity index (χ4n) is 2.97. The summed E-state index contributed by atoms with van der Waals surface area (Å²) in [6.07, 6.45) is 12.3. The van der Waals surface area contributed by atoms with Crippen LogP contribution in [0.2, 0.25) is 0 Å². The molecule has 0 saturated heterocycles. The molecule has 1 aromatic rings. The molecule has 1 aliphatic carbocycles. The fourth-order valence-corrected chi connectivity index (χ4v) is 2.97. The van der Waals surface area contributed by atoms with Gasteiger partial charge in [-0.3, -0.25) is 16.3 Å². The molecule has 5 heteroatoms. The number of hydrogen-bond acceptors (Lipinski definition) is 5. The summed E-state index contributed by atoms with van der Waals surface area (Å²) < 4.78 is 5.31. The molecule has 1 saturated carbocycles. The fraction of sp³-hybridized carbons (Fsp3) is 0.714. The average Bonchev–Trinajstić information content (AvgIpc) is 2.42. The van der Waals surface area contributed by atoms with Crippen molar-refractivity contribution in [1.29, 1.82) is 0 Å². The molecule has 1 atom stereocenters. The highest BCUT2D eigenvalue weighted by Crippen LogP contribution is 2.34. The number of methoxy groups -OCH3 is 1. The van der Waals surface area contributed by atoms with Crippen LogP contribution in [0.5, 0.6) is 5.88 Å². The van der Waals surface area contributed by atoms with Gasteiger partial charge in [-0.1, -0.05) is 32.1 Å². The van der Waals surface area contributed by atoms with Crippen molar-refractivity contribution < 1.29 is 4.74 Å². The maximum Gasteiger partial charge on any atom is 0.237 e. The van der Waals surface area contributed by atoms with E-state index in [9.17, 15) is 0 Å². The Hall–Kier alpha value is -1.20. The largest absolute Gasteiger partial charge is 0.480 e. The molecule has 1 aliphatic rings. The van der Waals surface area contributed by atoms with Crippen molar-refractivity contribution >= 4 is 0 Å². The normalized spacial score (nSPS) is 19.5. The van der Waals surface area contributed by atoms with Gasteiger partial charge in [0.2, 0.25) is 5.88 Å². The number of rotatable bonds is 4. The van der Waals surface area contributed by atoms with Crippen LogP contribution in [0.25, 0.3) is 0 Å². The highest BCUT2D eigenvalue weighted by molar-refractivity contribution is 5.21. The molecule has 0 aliphatic heterocycles. The molecule has 3 N–H and O–H groups in total. The molecule has 0 bridgehead atoms. The van der Waals surface area contributed by atoms with Crippen molar-refractivity contribution in [1.82, 2.24) is 15.4 Å². The molecule has 0 spiro atoms. The predicted octanol–water partition coefficient (Wildman–Crippen LogP) is 2.35. The number of nitrogens with two attached hydrogens (primary N) is 1. The van der Waals surface area contributed by atoms with Crippen molar-refractivity contribution in [3.63, 3.8) is 0 Å². The first kappa shape index (κ1) is 14.2. The monoisotopic (exact) mass is 264 g/mol. The minimum Gasteiger partial charge on any atom is -0.480 e. The SMILES string of the molecule is COc1nccnc1C(NN)C1CCCCCCC1. The van der Waals surface area contributed by atoms with E-state index in [0.29, 0.717) is 11.8 Å². The highest BCUT2D eigenvalue weighted by atomic mass is 16.5. The lowest BCUT2D eigenvalue weighted by Crippen LogP contribution is -2.35. The molecule has 1 unspecified atom stereocenters. The lowest BCUT2D eigenvalue weighted by Gasteiger charge is -2.28. The molecule has 106 valence electrons. The summed E-state index contributed by atoms with van der Waals surface area (Å²) in [6, 6.07) is 0.0294. The van der Waals surface area contributed by atoms with Gasteiger partial charge in [0.25, 0.3) is 0 Å². The van der Waals surface area contributed by atoms with Crippen LogP contribution < -0.4 is 16.0 Å². The number of hydrazine groups is 1. The van der Waals surface area contributed by atoms with Crippen molar-refractivity contribution in [3.05, 3.63) is 18.1 Å². The number of ether oxygens (including phenoxy) is 1. The van der Waals surface area contributed by atoms with Crippen LogP contribution in [0, 0.1) is 5.92 Å². The van der Waals surface area contributed by atoms with Gasteiger partial charge in [-0.2, -0.15) is 0 Å². The second kappa shape index (κ2) is 7.40. The van der Waals surface area contributed by atoms with E-state index in [0.717, 1.165) is 5.69 Å². The molecule has 0 amide bonds. The number of nitrogens with one attached hydrogen (secondary N) is 1. The molecule has 1 aromatic heterocycles. The summed E-state index contributed by atoms with van der Waals surface area (Å²) in [5.41, 5.74) is 3.76. The zero-order valence-electron chi connectivity index (χ0n) is 11.6. The minimum absolute atomic E-state index is 0.0294. The Labute approximate surface area is 114 Å². The second-order valence-corrected chi connectivity index (χ2v) is 5.20. The van der Waals surface area contributed by atoms with Crippen LogP contribution in [-0.2, 0) is 0 Å². The van der Waals surface area contributed by atoms with Gasteiger partial charge in [0, 0.05) is 12.4 Å². The second-order valence-electron chi connectivity index (χ2n) is 5.20. The van der Waals surface area contributed by atoms with Gasteiger partial charge in [-0.25, -0.2) is 4.98 Å². The van der Waals surface area contributed by atoms with Gasteiger partial charge in [0.05, 0.1) is 13.2 Å². The quantitative estimate of drug-likeness (QED) is 0.645. The van der Waals surface area contributed by atoms with Crippen molar-refractivity contribution in [2.45, 2.75) is 51.0 Å². The standard InChI is InChI=1S/C14H24N4O/c1-19-14-13(16-9-10-17-14)12(18-15)11-7-5-3-2-4-6-8-11/h9-12,18H,2-8,15H2,1H3. The zero-order chi connectivity index (χ0) is 13.5. The molecular formula is C14H24N4O. The van der Waals surface area contributed by atoms with E-state index in [1.54, 1.807) is 19.5 Å². The Balaban J connectivity index is 2.17. The Morgan fingerprint density at radius 2 is 1.79 bits per heavy atom. The van der Waals surface area contributed by atoms with Crippen molar-refractivity contribution in [2.75, 3.05) is 7.11 Å². The van der Waals surface area contributed by atoms with Crippen molar-refractivity contribution in [2.24, 2.45) is 11.8 Å². The number of aromatic nitrogens is 2. The Bertz CT molecular complexity index is 377. The van der Waals surface area contributed by atoms with E-state index in [1.807, 2.05) is 0 Å². The summed E-state index contributed by atoms with van der Waals surface area (Å²) >= 11 is 0. The predicted molar refractivity (Wildman–Crippen MR) is 74.5 cm³/mol. The smallest absolute Gasteiger partial charge is 0.237 e. The topological polar surface area (TPSA) is 73.1 Å². The summed E-state index contributed by atoms with van der Waals surface area (Å²) in [5.74, 6) is 6.86. The van der Waals surface area contributed by atoms with Gasteiger partial charge in [-0.05, 0) is 18.8 Å². The van der Waals surface area contributed by atoms with Gasteiger partial charge < -0.3 is 4.74 Å². The van der Waals surface area contributed by atoms with E-state index < -0.39 is 0 Å². The minimum atomic E-state index is 0.0294. The molecule has 19 heavy (non-hydrogen) atoms. The zero-order valence-corrected chi connectivity index (χ0v) is 11.6. The molecule has 1 fully saturated rings. The summed E-state index contributed by atoms with van der Waals surface area (Å²) in [6.45, 7) is 0. The van der Waals surface area contributed by atoms with Gasteiger partial charge in [-0.15, -0.1) is 0 Å². The molecule has 5 nitrogen and oxygen atoms in total. The summed E-state index contributed by atoms with van der Waals surface area (Å²) in [7, 11) is 1.62. The Morgan fingerprint density at radius 3 is 2.42 bits per heavy atom. The molecule has 0 aromatic carbocycles. The van der Waals surface area contributed by atoms with E-state index in [2.05, 4.69) is 15.4 Å². The van der Waals surface area contributed by atoms with E-state index in [1.165, 1.54) is 44.9 Å². The van der Waals surface area contributed by atoms with Crippen molar-refractivity contribution in [3.8, 4) is 5.88 Å². The Kier molecular flexibility index (Phi) is 5.54. The van der Waals surface area contributed by atoms with Crippen LogP contribution in [0.3, 0.4) is 0 Å². The highest BCUT2D eigenvalue weighted by Gasteiger charge is 2.26. The maximum absolute atomic E-state index is 5.78. The molecule has 0 radical (unpaired) electrons. The van der Waals surface area contributed by atoms with Gasteiger partial charge >= 0.3 is 0 Å². The molecular weight excluding hydrogens is 240 g/mol. The van der Waals surface area contributed by atoms with Crippen LogP contribution in [-0.4, -0.2) is 17.1 Å². The van der Waals surface area contributed by atoms with E-state index in [4.69, 9.17) is 10.6 Å². The summed E-state index contributed by atoms with van der Waals surface area (Å²) in [4.78, 5) is 8.64. The Morgan fingerprint density at radius 1 is 1.16 bits per heavy atom. The number of nitrogens with zero attached hydrogens (tertiary/aromatic N) is 2. The summed E-state index contributed by atoms with van der Waals surface area (Å²) in [5, 5.41) is 0. The third kappa shape index (κ3) is 3.64.